The van der Waals surface area contributed by atoms with Gasteiger partial charge in [0.2, 0.25) is 5.88 Å². The number of nitrogens with one attached hydrogen (secondary N) is 1. The van der Waals surface area contributed by atoms with Crippen LogP contribution in [0.1, 0.15) is 26.3 Å². The minimum absolute atomic E-state index is 0.113. The zero-order valence-corrected chi connectivity index (χ0v) is 11.7. The van der Waals surface area contributed by atoms with Crippen LogP contribution in [-0.2, 0) is 0 Å². The molecule has 1 fully saturated rings. The topological polar surface area (TPSA) is 50.3 Å². The van der Waals surface area contributed by atoms with Gasteiger partial charge in [0, 0.05) is 25.2 Å². The number of nitrogens with zero attached hydrogens (tertiary/aromatic N) is 3. The van der Waals surface area contributed by atoms with Gasteiger partial charge in [-0.1, -0.05) is 0 Å². The Kier molecular flexibility index (Phi) is 3.71. The molecule has 100 valence electrons. The lowest BCUT2D eigenvalue weighted by Crippen LogP contribution is -2.57. The molecule has 1 aliphatic heterocycles. The average molecular weight is 250 g/mol. The molecule has 0 unspecified atom stereocenters. The van der Waals surface area contributed by atoms with Crippen LogP contribution < -0.4 is 15.0 Å². The van der Waals surface area contributed by atoms with E-state index in [2.05, 4.69) is 34.0 Å². The Balaban J connectivity index is 2.25. The zero-order chi connectivity index (χ0) is 13.2. The van der Waals surface area contributed by atoms with E-state index in [1.54, 1.807) is 6.33 Å². The molecule has 18 heavy (non-hydrogen) atoms. The van der Waals surface area contributed by atoms with E-state index in [1.165, 1.54) is 0 Å². The molecular weight excluding hydrogens is 228 g/mol. The summed E-state index contributed by atoms with van der Waals surface area (Å²) in [6.07, 6.45) is 1.59. The van der Waals surface area contributed by atoms with Crippen molar-refractivity contribution in [2.45, 2.75) is 33.2 Å². The predicted molar refractivity (Wildman–Crippen MR) is 72.2 cm³/mol. The number of aromatic nitrogens is 2. The normalized spacial score (nSPS) is 18.8. The van der Waals surface area contributed by atoms with Gasteiger partial charge in [-0.3, -0.25) is 0 Å². The van der Waals surface area contributed by atoms with Gasteiger partial charge < -0.3 is 15.0 Å². The molecule has 0 aliphatic carbocycles. The molecular formula is C13H22N4O. The fraction of sp³-hybridized carbons (Fsp3) is 0.692. The second kappa shape index (κ2) is 5.10. The molecule has 1 N–H and O–H groups in total. The van der Waals surface area contributed by atoms with Crippen LogP contribution in [0.4, 0.5) is 5.82 Å². The van der Waals surface area contributed by atoms with E-state index >= 15 is 0 Å². The zero-order valence-electron chi connectivity index (χ0n) is 11.7. The van der Waals surface area contributed by atoms with Gasteiger partial charge in [0.05, 0.1) is 12.2 Å². The average Bonchev–Trinajstić information content (AvgIpc) is 2.31. The number of ether oxygens (including phenoxy) is 1. The van der Waals surface area contributed by atoms with Crippen molar-refractivity contribution in [3.05, 3.63) is 11.9 Å². The third kappa shape index (κ3) is 2.72. The first kappa shape index (κ1) is 13.1. The number of piperazine rings is 1. The van der Waals surface area contributed by atoms with Gasteiger partial charge in [0.1, 0.15) is 12.1 Å². The van der Waals surface area contributed by atoms with Crippen LogP contribution in [0.2, 0.25) is 0 Å². The number of hydrogen-bond acceptors (Lipinski definition) is 5. The van der Waals surface area contributed by atoms with Gasteiger partial charge >= 0.3 is 0 Å². The van der Waals surface area contributed by atoms with Crippen molar-refractivity contribution in [2.24, 2.45) is 0 Å². The molecule has 5 nitrogen and oxygen atoms in total. The van der Waals surface area contributed by atoms with Gasteiger partial charge in [-0.2, -0.15) is 0 Å². The van der Waals surface area contributed by atoms with E-state index in [0.717, 1.165) is 31.0 Å². The standard InChI is InChI=1S/C13H22N4O/c1-5-18-12-10(2)11(14-9-15-12)17-7-6-16-13(3,4)8-17/h9,16H,5-8H2,1-4H3. The first-order valence-corrected chi connectivity index (χ1v) is 6.48. The molecule has 1 saturated heterocycles. The van der Waals surface area contributed by atoms with Crippen LogP contribution in [0.25, 0.3) is 0 Å². The maximum atomic E-state index is 5.53. The molecule has 2 heterocycles. The smallest absolute Gasteiger partial charge is 0.221 e. The van der Waals surface area contributed by atoms with Crippen LogP contribution in [0, 0.1) is 6.92 Å². The van der Waals surface area contributed by atoms with Crippen molar-refractivity contribution in [1.82, 2.24) is 15.3 Å². The highest BCUT2D eigenvalue weighted by molar-refractivity contribution is 5.51. The lowest BCUT2D eigenvalue weighted by Gasteiger charge is -2.40. The summed E-state index contributed by atoms with van der Waals surface area (Å²) in [7, 11) is 0. The van der Waals surface area contributed by atoms with E-state index in [0.29, 0.717) is 12.5 Å². The fourth-order valence-electron chi connectivity index (χ4n) is 2.35. The van der Waals surface area contributed by atoms with E-state index in [1.807, 2.05) is 13.8 Å². The van der Waals surface area contributed by atoms with Crippen LogP contribution >= 0.6 is 0 Å². The molecule has 1 aromatic rings. The Hall–Kier alpha value is -1.36. The highest BCUT2D eigenvalue weighted by Crippen LogP contribution is 2.26. The van der Waals surface area contributed by atoms with E-state index < -0.39 is 0 Å². The maximum Gasteiger partial charge on any atom is 0.221 e. The summed E-state index contributed by atoms with van der Waals surface area (Å²) < 4.78 is 5.53. The largest absolute Gasteiger partial charge is 0.478 e. The number of hydrogen-bond donors (Lipinski definition) is 1. The Morgan fingerprint density at radius 1 is 1.44 bits per heavy atom. The molecule has 0 spiro atoms. The maximum absolute atomic E-state index is 5.53. The summed E-state index contributed by atoms with van der Waals surface area (Å²) >= 11 is 0. The summed E-state index contributed by atoms with van der Waals surface area (Å²) in [6, 6.07) is 0. The lowest BCUT2D eigenvalue weighted by atomic mass is 10.0. The summed E-state index contributed by atoms with van der Waals surface area (Å²) in [4.78, 5) is 10.9. The molecule has 0 saturated carbocycles. The Morgan fingerprint density at radius 2 is 2.22 bits per heavy atom. The number of anilines is 1. The van der Waals surface area contributed by atoms with Crippen molar-refractivity contribution >= 4 is 5.82 Å². The van der Waals surface area contributed by atoms with Gasteiger partial charge in [-0.05, 0) is 27.7 Å². The van der Waals surface area contributed by atoms with E-state index in [9.17, 15) is 0 Å². The van der Waals surface area contributed by atoms with Gasteiger partial charge in [-0.15, -0.1) is 0 Å². The summed E-state index contributed by atoms with van der Waals surface area (Å²) in [5.41, 5.74) is 1.14. The third-order valence-electron chi connectivity index (χ3n) is 3.16. The number of rotatable bonds is 3. The third-order valence-corrected chi connectivity index (χ3v) is 3.16. The highest BCUT2D eigenvalue weighted by atomic mass is 16.5. The summed E-state index contributed by atoms with van der Waals surface area (Å²) in [5.74, 6) is 1.68. The second-order valence-corrected chi connectivity index (χ2v) is 5.29. The van der Waals surface area contributed by atoms with Crippen LogP contribution in [0.5, 0.6) is 5.88 Å². The van der Waals surface area contributed by atoms with Crippen LogP contribution in [0.15, 0.2) is 6.33 Å². The molecule has 0 radical (unpaired) electrons. The van der Waals surface area contributed by atoms with Crippen molar-refractivity contribution in [2.75, 3.05) is 31.1 Å². The Morgan fingerprint density at radius 3 is 2.89 bits per heavy atom. The minimum Gasteiger partial charge on any atom is -0.478 e. The monoisotopic (exact) mass is 250 g/mol. The SMILES string of the molecule is CCOc1ncnc(N2CCNC(C)(C)C2)c1C. The van der Waals surface area contributed by atoms with Crippen molar-refractivity contribution in [3.8, 4) is 5.88 Å². The molecule has 0 atom stereocenters. The van der Waals surface area contributed by atoms with Crippen molar-refractivity contribution < 1.29 is 4.74 Å². The highest BCUT2D eigenvalue weighted by Gasteiger charge is 2.27. The molecule has 1 aromatic heterocycles. The summed E-state index contributed by atoms with van der Waals surface area (Å²) in [5, 5.41) is 3.50. The minimum atomic E-state index is 0.113. The van der Waals surface area contributed by atoms with Gasteiger partial charge in [0.25, 0.3) is 0 Å². The van der Waals surface area contributed by atoms with E-state index in [-0.39, 0.29) is 5.54 Å². The molecule has 0 bridgehead atoms. The quantitative estimate of drug-likeness (QED) is 0.878. The van der Waals surface area contributed by atoms with Crippen LogP contribution in [-0.4, -0.2) is 41.7 Å². The van der Waals surface area contributed by atoms with Crippen molar-refractivity contribution in [3.63, 3.8) is 0 Å². The Labute approximate surface area is 109 Å². The molecule has 0 amide bonds. The van der Waals surface area contributed by atoms with Crippen LogP contribution in [0.3, 0.4) is 0 Å². The van der Waals surface area contributed by atoms with Gasteiger partial charge in [-0.25, -0.2) is 9.97 Å². The second-order valence-electron chi connectivity index (χ2n) is 5.29. The lowest BCUT2D eigenvalue weighted by molar-refractivity contribution is 0.322. The Bertz CT molecular complexity index is 419. The molecule has 0 aromatic carbocycles. The van der Waals surface area contributed by atoms with Gasteiger partial charge in [0.15, 0.2) is 0 Å². The molecule has 1 aliphatic rings. The van der Waals surface area contributed by atoms with Crippen molar-refractivity contribution in [1.29, 1.82) is 0 Å². The predicted octanol–water partition coefficient (Wildman–Crippen LogP) is 1.37. The fourth-order valence-corrected chi connectivity index (χ4v) is 2.35. The molecule has 2 rings (SSSR count). The first-order valence-electron chi connectivity index (χ1n) is 6.48. The van der Waals surface area contributed by atoms with E-state index in [4.69, 9.17) is 4.74 Å². The first-order chi connectivity index (χ1) is 8.53. The molecule has 5 heteroatoms. The summed E-state index contributed by atoms with van der Waals surface area (Å²) in [6.45, 7) is 11.9.